The molecule has 0 saturated heterocycles. The molecule has 0 atom stereocenters. The monoisotopic (exact) mass is 1280 g/mol. The predicted molar refractivity (Wildman–Crippen MR) is 410 cm³/mol. The Morgan fingerprint density at radius 3 is 1.06 bits per heavy atom. The molecule has 0 fully saturated rings. The first-order valence-corrected chi connectivity index (χ1v) is 33.8. The van der Waals surface area contributed by atoms with Crippen LogP contribution >= 0.6 is 0 Å². The highest BCUT2D eigenvalue weighted by Crippen LogP contribution is 2.46. The van der Waals surface area contributed by atoms with Crippen LogP contribution in [0.15, 0.2) is 352 Å². The Labute approximate surface area is 579 Å². The molecule has 10 heteroatoms. The van der Waals surface area contributed by atoms with E-state index in [1.165, 1.54) is 27.8 Å². The van der Waals surface area contributed by atoms with Crippen molar-refractivity contribution in [3.8, 4) is 107 Å². The molecule has 0 amide bonds. The summed E-state index contributed by atoms with van der Waals surface area (Å²) in [6.45, 7) is 0.0338. The highest BCUT2D eigenvalue weighted by atomic mass is 15.2. The molecular formula is C90H58BN9. The van der Waals surface area contributed by atoms with Crippen LogP contribution in [0.5, 0.6) is 0 Å². The van der Waals surface area contributed by atoms with E-state index < -0.39 is 0 Å². The number of benzene rings is 14. The second-order valence-corrected chi connectivity index (χ2v) is 25.4. The largest absolute Gasteiger partial charge is 0.311 e. The first kappa shape index (κ1) is 58.0. The maximum atomic E-state index is 5.65. The molecule has 2 aliphatic heterocycles. The van der Waals surface area contributed by atoms with Gasteiger partial charge in [-0.15, -0.1) is 0 Å². The molecule has 5 heterocycles. The van der Waals surface area contributed by atoms with Crippen molar-refractivity contribution < 1.29 is 0 Å². The van der Waals surface area contributed by atoms with Gasteiger partial charge in [-0.05, 0) is 147 Å². The van der Waals surface area contributed by atoms with Gasteiger partial charge >= 0.3 is 0 Å². The molecule has 14 aromatic carbocycles. The van der Waals surface area contributed by atoms with Gasteiger partial charge in [-0.1, -0.05) is 255 Å². The van der Waals surface area contributed by atoms with Crippen molar-refractivity contribution in [2.24, 2.45) is 0 Å². The minimum Gasteiger partial charge on any atom is -0.311 e. The van der Waals surface area contributed by atoms with Crippen molar-refractivity contribution in [2.75, 3.05) is 9.80 Å². The van der Waals surface area contributed by atoms with Gasteiger partial charge in [-0.25, -0.2) is 29.9 Å². The Kier molecular flexibility index (Phi) is 14.1. The van der Waals surface area contributed by atoms with Crippen molar-refractivity contribution in [1.82, 2.24) is 34.5 Å². The van der Waals surface area contributed by atoms with E-state index in [0.29, 0.717) is 34.9 Å². The molecule has 3 aromatic heterocycles. The van der Waals surface area contributed by atoms with Gasteiger partial charge in [0.1, 0.15) is 0 Å². The number of hydrogen-bond acceptors (Lipinski definition) is 8. The van der Waals surface area contributed by atoms with E-state index in [9.17, 15) is 0 Å². The average molecular weight is 1280 g/mol. The molecule has 100 heavy (non-hydrogen) atoms. The fourth-order valence-corrected chi connectivity index (χ4v) is 14.9. The van der Waals surface area contributed by atoms with E-state index in [0.717, 1.165) is 117 Å². The van der Waals surface area contributed by atoms with Crippen LogP contribution in [-0.2, 0) is 0 Å². The van der Waals surface area contributed by atoms with Crippen molar-refractivity contribution >= 4 is 79.0 Å². The molecule has 466 valence electrons. The van der Waals surface area contributed by atoms with Crippen LogP contribution in [-0.4, -0.2) is 41.2 Å². The Bertz CT molecular complexity index is 5840. The van der Waals surface area contributed by atoms with Crippen LogP contribution in [0.1, 0.15) is 0 Å². The van der Waals surface area contributed by atoms with E-state index in [4.69, 9.17) is 29.9 Å². The third kappa shape index (κ3) is 10.1. The summed E-state index contributed by atoms with van der Waals surface area (Å²) >= 11 is 0. The topological polar surface area (TPSA) is 88.7 Å². The molecule has 0 bridgehead atoms. The molecule has 17 aromatic rings. The Morgan fingerprint density at radius 2 is 0.550 bits per heavy atom. The van der Waals surface area contributed by atoms with E-state index >= 15 is 0 Å². The van der Waals surface area contributed by atoms with Crippen LogP contribution in [0.25, 0.3) is 129 Å². The zero-order valence-corrected chi connectivity index (χ0v) is 54.1. The maximum absolute atomic E-state index is 5.65. The fraction of sp³-hybridized carbons (Fsp3) is 0. The lowest BCUT2D eigenvalue weighted by molar-refractivity contribution is 1.06. The minimum absolute atomic E-state index is 0.0338. The SMILES string of the molecule is c1ccc(-c2ccc3c(c2)c2cc(-c4ccccc4)ccc2n3-c2ccc(-c3nc(-c4ccccc4)nc(-c4ccccc4)n3)cc2-c2nc(-c3ccccc3)nc(-c3cccc(-c4cccc(N5c6ccccc6B6c7ccccc7N(c7ccccc7)c7cccc5c76)c4)c3)n2)cc1. The molecule has 0 unspecified atom stereocenters. The fourth-order valence-electron chi connectivity index (χ4n) is 14.9. The summed E-state index contributed by atoms with van der Waals surface area (Å²) in [6, 6.07) is 125. The van der Waals surface area contributed by atoms with E-state index in [1.54, 1.807) is 0 Å². The van der Waals surface area contributed by atoms with Gasteiger partial charge < -0.3 is 14.4 Å². The molecule has 0 aliphatic carbocycles. The van der Waals surface area contributed by atoms with E-state index in [-0.39, 0.29) is 6.71 Å². The van der Waals surface area contributed by atoms with Crippen LogP contribution in [0, 0.1) is 0 Å². The highest BCUT2D eigenvalue weighted by Gasteiger charge is 2.43. The van der Waals surface area contributed by atoms with E-state index in [1.807, 2.05) is 78.9 Å². The second-order valence-electron chi connectivity index (χ2n) is 25.4. The van der Waals surface area contributed by atoms with Crippen LogP contribution in [0.3, 0.4) is 0 Å². The molecule has 19 rings (SSSR count). The number of fused-ring (bicyclic) bond motifs is 7. The summed E-state index contributed by atoms with van der Waals surface area (Å²) in [4.78, 5) is 37.1. The smallest absolute Gasteiger partial charge is 0.252 e. The van der Waals surface area contributed by atoms with Gasteiger partial charge in [0.25, 0.3) is 6.71 Å². The molecule has 0 N–H and O–H groups in total. The number of para-hydroxylation sites is 3. The zero-order valence-electron chi connectivity index (χ0n) is 54.1. The normalized spacial score (nSPS) is 12.1. The summed E-state index contributed by atoms with van der Waals surface area (Å²) in [5.41, 5.74) is 25.2. The van der Waals surface area contributed by atoms with Gasteiger partial charge in [-0.3, -0.25) is 0 Å². The third-order valence-corrected chi connectivity index (χ3v) is 19.5. The summed E-state index contributed by atoms with van der Waals surface area (Å²) in [5.74, 6) is 3.17. The van der Waals surface area contributed by atoms with Gasteiger partial charge in [0, 0.05) is 78.3 Å². The maximum Gasteiger partial charge on any atom is 0.252 e. The first-order valence-electron chi connectivity index (χ1n) is 33.8. The van der Waals surface area contributed by atoms with Crippen LogP contribution in [0.2, 0.25) is 0 Å². The lowest BCUT2D eigenvalue weighted by Crippen LogP contribution is -2.61. The van der Waals surface area contributed by atoms with Crippen molar-refractivity contribution in [1.29, 1.82) is 0 Å². The highest BCUT2D eigenvalue weighted by molar-refractivity contribution is 7.00. The Morgan fingerprint density at radius 1 is 0.210 bits per heavy atom. The quantitative estimate of drug-likeness (QED) is 0.112. The molecule has 0 saturated carbocycles. The Balaban J connectivity index is 0.796. The molecule has 2 aliphatic rings. The molecule has 0 radical (unpaired) electrons. The molecule has 9 nitrogen and oxygen atoms in total. The number of nitrogens with zero attached hydrogens (tertiary/aromatic N) is 9. The summed E-state index contributed by atoms with van der Waals surface area (Å²) in [5, 5.41) is 2.22. The van der Waals surface area contributed by atoms with Crippen molar-refractivity contribution in [3.05, 3.63) is 352 Å². The lowest BCUT2D eigenvalue weighted by Gasteiger charge is -2.44. The number of rotatable bonds is 12. The van der Waals surface area contributed by atoms with Crippen LogP contribution < -0.4 is 26.2 Å². The minimum atomic E-state index is 0.0338. The second kappa shape index (κ2) is 24.3. The number of hydrogen-bond donors (Lipinski definition) is 0. The third-order valence-electron chi connectivity index (χ3n) is 19.5. The van der Waals surface area contributed by atoms with Gasteiger partial charge in [0.15, 0.2) is 34.9 Å². The average Bonchev–Trinajstić information content (AvgIpc) is 1.34. The Hall–Kier alpha value is -13.4. The summed E-state index contributed by atoms with van der Waals surface area (Å²) < 4.78 is 2.37. The number of aromatic nitrogens is 7. The predicted octanol–water partition coefficient (Wildman–Crippen LogP) is 20.2. The van der Waals surface area contributed by atoms with Gasteiger partial charge in [0.05, 0.1) is 16.7 Å². The van der Waals surface area contributed by atoms with Crippen molar-refractivity contribution in [3.63, 3.8) is 0 Å². The van der Waals surface area contributed by atoms with Crippen LogP contribution in [0.4, 0.5) is 34.1 Å². The molecule has 0 spiro atoms. The lowest BCUT2D eigenvalue weighted by atomic mass is 9.33. The summed E-state index contributed by atoms with van der Waals surface area (Å²) in [7, 11) is 0. The summed E-state index contributed by atoms with van der Waals surface area (Å²) in [6.07, 6.45) is 0. The standard InChI is InChI=1S/C90H58BN9/c1-7-26-59(27-8-1)66-48-51-77-72(56-66)73-57-67(60-28-9-2-10-29-60)49-52-78(73)100(77)79-53-50-69(89-93-85(61-30-11-3-12-31-61)92-86(94-89)62-32-13-4-14-33-62)58-74(79)90-96-87(63-34-15-5-16-35-63)95-88(97-90)68-38-23-36-64(54-68)65-37-24-41-71(55-65)99-81-45-22-20-43-76(81)91-75-42-19-21-44-80(75)98(70-39-17-6-18-40-70)82-46-25-47-83(99)84(82)91/h1-58H. The first-order chi connectivity index (χ1) is 49.6. The molecular weight excluding hydrogens is 1220 g/mol. The van der Waals surface area contributed by atoms with Crippen molar-refractivity contribution in [2.45, 2.75) is 0 Å². The van der Waals surface area contributed by atoms with Gasteiger partial charge in [-0.2, -0.15) is 0 Å². The number of anilines is 6. The zero-order chi connectivity index (χ0) is 66.0. The van der Waals surface area contributed by atoms with Gasteiger partial charge in [0.2, 0.25) is 0 Å². The van der Waals surface area contributed by atoms with E-state index in [2.05, 4.69) is 287 Å².